The summed E-state index contributed by atoms with van der Waals surface area (Å²) in [5, 5.41) is 0.352. The molecule has 3 rings (SSSR count). The molecule has 10 heteroatoms. The van der Waals surface area contributed by atoms with E-state index in [1.54, 1.807) is 0 Å². The normalized spacial score (nSPS) is 19.3. The third kappa shape index (κ3) is 3.13. The molecule has 1 saturated heterocycles. The van der Waals surface area contributed by atoms with E-state index < -0.39 is 27.7 Å². The molecular weight excluding hydrogens is 402 g/mol. The van der Waals surface area contributed by atoms with Crippen LogP contribution in [0.3, 0.4) is 0 Å². The third-order valence-corrected chi connectivity index (χ3v) is 5.77. The second kappa shape index (κ2) is 5.50. The maximum Gasteiger partial charge on any atom is 0.302 e. The van der Waals surface area contributed by atoms with Gasteiger partial charge in [0.15, 0.2) is 5.13 Å². The molecule has 1 aromatic heterocycles. The molecule has 0 radical (unpaired) electrons. The van der Waals surface area contributed by atoms with Crippen molar-refractivity contribution in [2.45, 2.75) is 6.42 Å². The number of hydrogen-bond donors (Lipinski definition) is 0. The van der Waals surface area contributed by atoms with Crippen LogP contribution in [0, 0.1) is 11.7 Å². The highest BCUT2D eigenvalue weighted by Crippen LogP contribution is 2.36. The van der Waals surface area contributed by atoms with E-state index >= 15 is 0 Å². The minimum atomic E-state index is -4.63. The van der Waals surface area contributed by atoms with Gasteiger partial charge < -0.3 is 0 Å². The third-order valence-electron chi connectivity index (χ3n) is 3.27. The van der Waals surface area contributed by atoms with E-state index in [0.29, 0.717) is 19.8 Å². The molecule has 0 aliphatic carbocycles. The minimum absolute atomic E-state index is 0.0470. The number of carbonyl (C=O) groups is 1. The second-order valence-electron chi connectivity index (χ2n) is 5.01. The van der Waals surface area contributed by atoms with Crippen molar-refractivity contribution in [1.29, 1.82) is 0 Å². The van der Waals surface area contributed by atoms with Crippen molar-refractivity contribution in [3.8, 4) is 0 Å². The van der Waals surface area contributed by atoms with Gasteiger partial charge in [0.25, 0.3) is 0 Å². The lowest BCUT2D eigenvalue weighted by Gasteiger charge is -2.11. The zero-order valence-corrected chi connectivity index (χ0v) is 14.1. The van der Waals surface area contributed by atoms with Crippen LogP contribution in [0.1, 0.15) is 6.42 Å². The fraction of sp³-hybridized carbons (Fsp3) is 0.333. The lowest BCUT2D eigenvalue weighted by atomic mass is 10.1. The number of anilines is 1. The predicted octanol–water partition coefficient (Wildman–Crippen LogP) is 2.85. The van der Waals surface area contributed by atoms with Gasteiger partial charge in [-0.05, 0) is 28.1 Å². The van der Waals surface area contributed by atoms with Gasteiger partial charge >= 0.3 is 10.2 Å². The first-order valence-electron chi connectivity index (χ1n) is 6.21. The molecule has 1 aliphatic rings. The van der Waals surface area contributed by atoms with E-state index in [0.717, 1.165) is 11.3 Å². The van der Waals surface area contributed by atoms with E-state index in [1.807, 2.05) is 0 Å². The Balaban J connectivity index is 1.91. The van der Waals surface area contributed by atoms with E-state index in [2.05, 4.69) is 20.9 Å². The monoisotopic (exact) mass is 410 g/mol. The Morgan fingerprint density at radius 2 is 2.18 bits per heavy atom. The van der Waals surface area contributed by atoms with Crippen LogP contribution in [-0.2, 0) is 15.0 Å². The number of halogens is 3. The van der Waals surface area contributed by atoms with Crippen LogP contribution in [0.5, 0.6) is 0 Å². The van der Waals surface area contributed by atoms with Gasteiger partial charge in [-0.2, -0.15) is 8.42 Å². The first-order chi connectivity index (χ1) is 10.2. The summed E-state index contributed by atoms with van der Waals surface area (Å²) < 4.78 is 48.6. The highest BCUT2D eigenvalue weighted by molar-refractivity contribution is 9.10. The molecule has 1 unspecified atom stereocenters. The second-order valence-corrected chi connectivity index (χ2v) is 8.29. The van der Waals surface area contributed by atoms with Crippen molar-refractivity contribution in [2.24, 2.45) is 5.92 Å². The molecule has 2 heterocycles. The largest absolute Gasteiger partial charge is 0.302 e. The summed E-state index contributed by atoms with van der Waals surface area (Å²) in [4.78, 5) is 17.6. The zero-order valence-electron chi connectivity index (χ0n) is 10.9. The standard InChI is InChI=1S/C12H9BrF2N2O3S2/c13-8-2-7(14)3-9-11(8)16-12(21-9)17-4-6(1-10(17)18)5-22(15,19)20/h2-3,6H,1,4-5H2. The van der Waals surface area contributed by atoms with Crippen molar-refractivity contribution < 1.29 is 21.5 Å². The quantitative estimate of drug-likeness (QED) is 0.729. The molecule has 0 saturated carbocycles. The fourth-order valence-corrected chi connectivity index (χ4v) is 4.90. The molecule has 2 aromatic rings. The highest BCUT2D eigenvalue weighted by atomic mass is 79.9. The van der Waals surface area contributed by atoms with Crippen LogP contribution < -0.4 is 4.90 Å². The van der Waals surface area contributed by atoms with Crippen molar-refractivity contribution in [1.82, 2.24) is 4.98 Å². The fourth-order valence-electron chi connectivity index (χ4n) is 2.42. The Bertz CT molecular complexity index is 869. The number of rotatable bonds is 3. The minimum Gasteiger partial charge on any atom is -0.288 e. The van der Waals surface area contributed by atoms with Gasteiger partial charge in [0.1, 0.15) is 5.82 Å². The van der Waals surface area contributed by atoms with Gasteiger partial charge in [0.05, 0.1) is 16.0 Å². The average molecular weight is 411 g/mol. The molecule has 22 heavy (non-hydrogen) atoms. The van der Waals surface area contributed by atoms with E-state index in [9.17, 15) is 21.5 Å². The van der Waals surface area contributed by atoms with E-state index in [4.69, 9.17) is 0 Å². The van der Waals surface area contributed by atoms with Crippen LogP contribution in [0.4, 0.5) is 13.4 Å². The van der Waals surface area contributed by atoms with Crippen LogP contribution >= 0.6 is 27.3 Å². The Morgan fingerprint density at radius 3 is 2.86 bits per heavy atom. The molecule has 1 amide bonds. The number of thiazole rings is 1. The van der Waals surface area contributed by atoms with Gasteiger partial charge in [-0.1, -0.05) is 11.3 Å². The average Bonchev–Trinajstić information content (AvgIpc) is 2.90. The molecule has 1 fully saturated rings. The molecule has 1 aromatic carbocycles. The smallest absolute Gasteiger partial charge is 0.288 e. The summed E-state index contributed by atoms with van der Waals surface area (Å²) in [6, 6.07) is 2.58. The number of carbonyl (C=O) groups excluding carboxylic acids is 1. The molecule has 0 spiro atoms. The van der Waals surface area contributed by atoms with Crippen LogP contribution in [-0.4, -0.2) is 31.6 Å². The first-order valence-corrected chi connectivity index (χ1v) is 9.37. The van der Waals surface area contributed by atoms with Crippen molar-refractivity contribution in [3.63, 3.8) is 0 Å². The van der Waals surface area contributed by atoms with Gasteiger partial charge in [-0.3, -0.25) is 9.69 Å². The van der Waals surface area contributed by atoms with Crippen LogP contribution in [0.15, 0.2) is 16.6 Å². The Labute approximate surface area is 137 Å². The van der Waals surface area contributed by atoms with Crippen molar-refractivity contribution >= 4 is 58.7 Å². The van der Waals surface area contributed by atoms with Gasteiger partial charge in [0.2, 0.25) is 5.91 Å². The summed E-state index contributed by atoms with van der Waals surface area (Å²) in [6.45, 7) is 0.0852. The Morgan fingerprint density at radius 1 is 1.45 bits per heavy atom. The molecule has 5 nitrogen and oxygen atoms in total. The van der Waals surface area contributed by atoms with Crippen LogP contribution in [0.25, 0.3) is 10.2 Å². The lowest BCUT2D eigenvalue weighted by Crippen LogP contribution is -2.25. The number of aromatic nitrogens is 1. The Hall–Kier alpha value is -1.13. The number of benzene rings is 1. The van der Waals surface area contributed by atoms with Crippen molar-refractivity contribution in [2.75, 3.05) is 17.2 Å². The van der Waals surface area contributed by atoms with Crippen molar-refractivity contribution in [3.05, 3.63) is 22.4 Å². The Kier molecular flexibility index (Phi) is 3.94. The summed E-state index contributed by atoms with van der Waals surface area (Å²) in [7, 11) is -4.63. The molecule has 0 bridgehead atoms. The maximum absolute atomic E-state index is 13.4. The topological polar surface area (TPSA) is 67.3 Å². The lowest BCUT2D eigenvalue weighted by molar-refractivity contribution is -0.117. The molecule has 1 aliphatic heterocycles. The maximum atomic E-state index is 13.4. The number of hydrogen-bond acceptors (Lipinski definition) is 5. The molecule has 0 N–H and O–H groups in total. The molecule has 1 atom stereocenters. The summed E-state index contributed by atoms with van der Waals surface area (Å²) in [5.74, 6) is -2.03. The van der Waals surface area contributed by atoms with E-state index in [1.165, 1.54) is 17.0 Å². The van der Waals surface area contributed by atoms with E-state index in [-0.39, 0.29) is 18.9 Å². The highest BCUT2D eigenvalue weighted by Gasteiger charge is 2.35. The zero-order chi connectivity index (χ0) is 16.1. The summed E-state index contributed by atoms with van der Waals surface area (Å²) in [5.41, 5.74) is 0.524. The van der Waals surface area contributed by atoms with Gasteiger partial charge in [0, 0.05) is 23.4 Å². The number of amides is 1. The summed E-state index contributed by atoms with van der Waals surface area (Å²) >= 11 is 4.34. The number of fused-ring (bicyclic) bond motifs is 1. The van der Waals surface area contributed by atoms with Crippen LogP contribution in [0.2, 0.25) is 0 Å². The first kappa shape index (κ1) is 15.8. The molecule has 118 valence electrons. The SMILES string of the molecule is O=C1CC(CS(=O)(=O)F)CN1c1nc2c(Br)cc(F)cc2s1. The van der Waals surface area contributed by atoms with Gasteiger partial charge in [-0.15, -0.1) is 3.89 Å². The summed E-state index contributed by atoms with van der Waals surface area (Å²) in [6.07, 6.45) is -0.0470. The van der Waals surface area contributed by atoms with Gasteiger partial charge in [-0.25, -0.2) is 9.37 Å². The predicted molar refractivity (Wildman–Crippen MR) is 82.6 cm³/mol. The molecular formula is C12H9BrF2N2O3S2. The number of nitrogens with zero attached hydrogens (tertiary/aromatic N) is 2.